The fourth-order valence-electron chi connectivity index (χ4n) is 9.36. The average molecular weight is 1210 g/mol. The molecule has 0 fully saturated rings. The van der Waals surface area contributed by atoms with Gasteiger partial charge in [0.15, 0.2) is 18.9 Å². The zero-order valence-corrected chi connectivity index (χ0v) is 48.6. The average Bonchev–Trinajstić information content (AvgIpc) is 4.13. The number of aromatic nitrogens is 2. The molecule has 0 spiro atoms. The molecule has 2 aliphatic heterocycles. The van der Waals surface area contributed by atoms with E-state index in [9.17, 15) is 0 Å². The van der Waals surface area contributed by atoms with Crippen molar-refractivity contribution < 1.29 is 57.3 Å². The Hall–Kier alpha value is -7.28. The van der Waals surface area contributed by atoms with E-state index < -0.39 is 0 Å². The van der Waals surface area contributed by atoms with Crippen LogP contribution in [-0.4, -0.2) is 33.4 Å². The first-order valence-electron chi connectivity index (χ1n) is 25.9. The molecule has 7 nitrogen and oxygen atoms in total. The van der Waals surface area contributed by atoms with Crippen molar-refractivity contribution >= 4 is 68.9 Å². The van der Waals surface area contributed by atoms with E-state index in [4.69, 9.17) is 14.2 Å². The summed E-state index contributed by atoms with van der Waals surface area (Å²) in [6.45, 7) is 6.85. The van der Waals surface area contributed by atoms with Crippen LogP contribution in [0, 0.1) is 0 Å². The number of anilines is 2. The van der Waals surface area contributed by atoms with Crippen molar-refractivity contribution in [3.05, 3.63) is 270 Å². The molecule has 0 atom stereocenters. The van der Waals surface area contributed by atoms with E-state index in [1.165, 1.54) is 69.7 Å². The minimum atomic E-state index is 0. The van der Waals surface area contributed by atoms with Crippen LogP contribution in [0.1, 0.15) is 37.5 Å². The van der Waals surface area contributed by atoms with Gasteiger partial charge in [0.2, 0.25) is 11.0 Å². The van der Waals surface area contributed by atoms with Gasteiger partial charge in [-0.25, -0.2) is 0 Å². The molecule has 11 heteroatoms. The van der Waals surface area contributed by atoms with Crippen LogP contribution in [0.15, 0.2) is 263 Å². The number of aryl methyl sites for hydroxylation is 1. The van der Waals surface area contributed by atoms with Crippen molar-refractivity contribution in [2.45, 2.75) is 43.7 Å². The first-order chi connectivity index (χ1) is 37.6. The summed E-state index contributed by atoms with van der Waals surface area (Å²) in [4.78, 5) is 7.24. The molecule has 2 aliphatic rings. The van der Waals surface area contributed by atoms with E-state index in [1.807, 2.05) is 72.8 Å². The van der Waals surface area contributed by atoms with Crippen LogP contribution in [0.2, 0.25) is 0 Å². The van der Waals surface area contributed by atoms with Gasteiger partial charge in [0.1, 0.15) is 37.0 Å². The molecule has 2 aromatic heterocycles. The van der Waals surface area contributed by atoms with Crippen molar-refractivity contribution in [2.24, 2.45) is 0 Å². The second kappa shape index (κ2) is 30.2. The molecule has 0 N–H and O–H groups in total. The third kappa shape index (κ3) is 15.3. The van der Waals surface area contributed by atoms with Crippen molar-refractivity contribution in [1.82, 2.24) is 0 Å². The third-order valence-electron chi connectivity index (χ3n) is 13.1. The topological polar surface area (TPSA) is 41.9 Å². The van der Waals surface area contributed by atoms with Gasteiger partial charge >= 0.3 is 0 Å². The molecule has 0 saturated carbocycles. The molecule has 7 aromatic carbocycles. The number of nitrogens with zero attached hydrogens (tertiary/aromatic N) is 4. The van der Waals surface area contributed by atoms with E-state index in [1.54, 1.807) is 30.6 Å². The van der Waals surface area contributed by atoms with E-state index in [0.29, 0.717) is 13.2 Å². The normalized spacial score (nSPS) is 13.5. The quantitative estimate of drug-likeness (QED) is 0.0627. The summed E-state index contributed by atoms with van der Waals surface area (Å²) in [5.41, 5.74) is 8.62. The number of halogens is 2. The van der Waals surface area contributed by atoms with Gasteiger partial charge < -0.3 is 58.0 Å². The molecule has 11 rings (SSSR count). The SMILES string of the molecule is C.CCC[n+]1ccc(C=CC=CC=C2Sc3ccccc3N2CCOc2ccccc2)c2ccccc21.COc1ccc(C[n+]2ccc(C=CC=C3Sc4ccccc4N3CCOc3ccccc3)c3ccccc32)cc1.[Br-].[Br-]. The van der Waals surface area contributed by atoms with Gasteiger partial charge in [-0.3, -0.25) is 0 Å². The largest absolute Gasteiger partial charge is 1.00 e. The number of hydrogen-bond donors (Lipinski definition) is 0. The van der Waals surface area contributed by atoms with Crippen molar-refractivity contribution in [3.63, 3.8) is 0 Å². The summed E-state index contributed by atoms with van der Waals surface area (Å²) in [6, 6.07) is 67.0. The lowest BCUT2D eigenvalue weighted by Gasteiger charge is -2.20. The van der Waals surface area contributed by atoms with Gasteiger partial charge in [-0.2, -0.15) is 9.13 Å². The first-order valence-corrected chi connectivity index (χ1v) is 27.6. The number of methoxy groups -OCH3 is 1. The maximum atomic E-state index is 6.01. The Morgan fingerprint density at radius 2 is 0.937 bits per heavy atom. The second-order valence-electron chi connectivity index (χ2n) is 18.1. The van der Waals surface area contributed by atoms with Gasteiger partial charge in [0.25, 0.3) is 0 Å². The van der Waals surface area contributed by atoms with Crippen LogP contribution < -0.4 is 67.1 Å². The van der Waals surface area contributed by atoms with Gasteiger partial charge in [0, 0.05) is 46.0 Å². The number of rotatable bonds is 18. The molecule has 0 amide bonds. The van der Waals surface area contributed by atoms with Crippen LogP contribution in [0.3, 0.4) is 0 Å². The van der Waals surface area contributed by atoms with E-state index in [-0.39, 0.29) is 41.4 Å². The Morgan fingerprint density at radius 1 is 0.468 bits per heavy atom. The maximum Gasteiger partial charge on any atom is 0.213 e. The van der Waals surface area contributed by atoms with Crippen LogP contribution in [0.5, 0.6) is 17.2 Å². The van der Waals surface area contributed by atoms with Crippen LogP contribution >= 0.6 is 23.5 Å². The number of fused-ring (bicyclic) bond motifs is 4. The van der Waals surface area contributed by atoms with Gasteiger partial charge in [-0.1, -0.05) is 159 Å². The van der Waals surface area contributed by atoms with Crippen molar-refractivity contribution in [3.8, 4) is 17.2 Å². The Balaban J connectivity index is 0.000000221. The molecule has 0 aliphatic carbocycles. The highest BCUT2D eigenvalue weighted by Crippen LogP contribution is 2.46. The zero-order valence-electron chi connectivity index (χ0n) is 43.8. The highest BCUT2D eigenvalue weighted by atomic mass is 79.9. The van der Waals surface area contributed by atoms with E-state index in [0.717, 1.165) is 49.8 Å². The fourth-order valence-corrected chi connectivity index (χ4v) is 11.6. The molecule has 0 radical (unpaired) electrons. The first kappa shape index (κ1) is 59.4. The maximum absolute atomic E-state index is 6.01. The number of para-hydroxylation sites is 6. The fraction of sp³-hybridized carbons (Fsp3) is 0.147. The monoisotopic (exact) mass is 1210 g/mol. The predicted octanol–water partition coefficient (Wildman–Crippen LogP) is 10.0. The lowest BCUT2D eigenvalue weighted by Crippen LogP contribution is -3.00. The van der Waals surface area contributed by atoms with Crippen LogP contribution in [-0.2, 0) is 13.1 Å². The highest BCUT2D eigenvalue weighted by molar-refractivity contribution is 8.04. The molecule has 0 unspecified atom stereocenters. The molecular formula is C68H66Br2N4O3S2. The van der Waals surface area contributed by atoms with Crippen molar-refractivity contribution in [1.29, 1.82) is 0 Å². The minimum Gasteiger partial charge on any atom is -1.00 e. The summed E-state index contributed by atoms with van der Waals surface area (Å²) in [6.07, 6.45) is 22.8. The number of hydrogen-bond acceptors (Lipinski definition) is 7. The molecule has 4 heterocycles. The number of ether oxygens (including phenoxy) is 3. The predicted molar refractivity (Wildman–Crippen MR) is 324 cm³/mol. The molecule has 402 valence electrons. The molecule has 79 heavy (non-hydrogen) atoms. The van der Waals surface area contributed by atoms with Gasteiger partial charge in [-0.15, -0.1) is 0 Å². The van der Waals surface area contributed by atoms with Crippen LogP contribution in [0.25, 0.3) is 34.0 Å². The highest BCUT2D eigenvalue weighted by Gasteiger charge is 2.25. The third-order valence-corrected chi connectivity index (χ3v) is 15.3. The molecule has 0 saturated heterocycles. The second-order valence-corrected chi connectivity index (χ2v) is 20.2. The summed E-state index contributed by atoms with van der Waals surface area (Å²) in [5, 5.41) is 4.92. The van der Waals surface area contributed by atoms with Crippen LogP contribution in [0.4, 0.5) is 11.4 Å². The number of benzene rings is 7. The Bertz CT molecular complexity index is 3550. The summed E-state index contributed by atoms with van der Waals surface area (Å²) in [5.74, 6) is 2.68. The Kier molecular flexibility index (Phi) is 22.7. The zero-order chi connectivity index (χ0) is 51.7. The molecule has 0 bridgehead atoms. The summed E-state index contributed by atoms with van der Waals surface area (Å²) in [7, 11) is 1.70. The summed E-state index contributed by atoms with van der Waals surface area (Å²) >= 11 is 3.61. The van der Waals surface area contributed by atoms with E-state index in [2.05, 4.69) is 208 Å². The number of thioether (sulfide) groups is 2. The lowest BCUT2D eigenvalue weighted by molar-refractivity contribution is -0.671. The van der Waals surface area contributed by atoms with E-state index >= 15 is 0 Å². The summed E-state index contributed by atoms with van der Waals surface area (Å²) < 4.78 is 21.9. The number of allylic oxidation sites excluding steroid dienone is 6. The molecule has 9 aromatic rings. The standard InChI is InChI=1S/C35H31N2O2S.C32H31N2OS.CH4.2BrH/c1-38-29-20-18-27(19-21-29)26-36-23-22-28(31-13-5-6-14-32(31)36)10-9-17-35-37(33-15-7-8-16-34(33)40-35)24-25-39-30-11-3-2-4-12-30;1-2-22-33-23-21-26(28-16-9-10-17-29(28)33)13-5-3-8-20-32-34(30-18-11-12-19-31(30)36-32)24-25-35-27-14-6-4-7-15-27;;;/h2-23H,24-26H2,1H3;3-21,23H,2,22,24-25H2,1H3;1H4;2*1H/q2*+1;;;/p-2. The molecular weight excluding hydrogens is 1140 g/mol. The Labute approximate surface area is 496 Å². The van der Waals surface area contributed by atoms with Gasteiger partial charge in [-0.05, 0) is 108 Å². The Morgan fingerprint density at radius 3 is 1.48 bits per heavy atom. The number of pyridine rings is 2. The lowest BCUT2D eigenvalue weighted by atomic mass is 10.1. The minimum absolute atomic E-state index is 0. The smallest absolute Gasteiger partial charge is 0.213 e. The van der Waals surface area contributed by atoms with Crippen molar-refractivity contribution in [2.75, 3.05) is 43.2 Å². The van der Waals surface area contributed by atoms with Gasteiger partial charge in [0.05, 0.1) is 52.4 Å².